The Hall–Kier alpha value is -3.43. The molecule has 4 aromatic heterocycles. The van der Waals surface area contributed by atoms with Crippen molar-refractivity contribution < 1.29 is 0 Å². The van der Waals surface area contributed by atoms with Gasteiger partial charge in [0.2, 0.25) is 0 Å². The normalized spacial score (nSPS) is 22.0. The summed E-state index contributed by atoms with van der Waals surface area (Å²) < 4.78 is 3.87. The molecule has 35 heavy (non-hydrogen) atoms. The first-order valence-corrected chi connectivity index (χ1v) is 12.4. The predicted molar refractivity (Wildman–Crippen MR) is 136 cm³/mol. The van der Waals surface area contributed by atoms with Gasteiger partial charge in [-0.25, -0.2) is 15.0 Å². The smallest absolute Gasteiger partial charge is 0.159 e. The van der Waals surface area contributed by atoms with Gasteiger partial charge in [-0.05, 0) is 31.7 Å². The third-order valence-electron chi connectivity index (χ3n) is 7.59. The topological polar surface area (TPSA) is 106 Å². The maximum Gasteiger partial charge on any atom is 0.159 e. The van der Waals surface area contributed by atoms with Crippen LogP contribution in [0.4, 0.5) is 5.82 Å². The summed E-state index contributed by atoms with van der Waals surface area (Å²) in [6, 6.07) is 5.23. The minimum absolute atomic E-state index is 0.294. The Bertz CT molecular complexity index is 1550. The van der Waals surface area contributed by atoms with E-state index in [1.54, 1.807) is 6.20 Å². The number of benzene rings is 1. The Kier molecular flexibility index (Phi) is 4.65. The SMILES string of the molecule is Cn1ccnc1Cn1cc2c(Cl)c(-c3c[nH]c4nc(N5[C@@H]6CC[C@H]5CC(N)C6)cnc34)ccc2n1. The summed E-state index contributed by atoms with van der Waals surface area (Å²) in [5.74, 6) is 1.86. The number of hydrogen-bond donors (Lipinski definition) is 2. The number of anilines is 1. The molecule has 178 valence electrons. The van der Waals surface area contributed by atoms with Crippen LogP contribution in [-0.4, -0.2) is 52.4 Å². The fraction of sp³-hybridized carbons (Fsp3) is 0.360. The summed E-state index contributed by atoms with van der Waals surface area (Å²) in [6.45, 7) is 0.578. The number of H-pyrrole nitrogens is 1. The molecule has 2 aliphatic heterocycles. The Morgan fingerprint density at radius 3 is 2.74 bits per heavy atom. The van der Waals surface area contributed by atoms with E-state index in [9.17, 15) is 0 Å². The largest absolute Gasteiger partial charge is 0.349 e. The third kappa shape index (κ3) is 3.33. The minimum atomic E-state index is 0.294. The van der Waals surface area contributed by atoms with Gasteiger partial charge in [-0.15, -0.1) is 0 Å². The Labute approximate surface area is 206 Å². The molecule has 5 aromatic rings. The van der Waals surface area contributed by atoms with Gasteiger partial charge in [0, 0.05) is 66.5 Å². The van der Waals surface area contributed by atoms with Crippen molar-refractivity contribution in [1.29, 1.82) is 0 Å². The molecule has 2 fully saturated rings. The molecule has 2 aliphatic rings. The highest BCUT2D eigenvalue weighted by Gasteiger charge is 2.40. The highest BCUT2D eigenvalue weighted by Crippen LogP contribution is 2.40. The summed E-state index contributed by atoms with van der Waals surface area (Å²) in [7, 11) is 1.98. The number of fused-ring (bicyclic) bond motifs is 4. The highest BCUT2D eigenvalue weighted by molar-refractivity contribution is 6.38. The first-order chi connectivity index (χ1) is 17.0. The molecule has 10 heteroatoms. The lowest BCUT2D eigenvalue weighted by Gasteiger charge is -2.38. The number of hydrogen-bond acceptors (Lipinski definition) is 6. The van der Waals surface area contributed by atoms with Crippen LogP contribution < -0.4 is 10.6 Å². The van der Waals surface area contributed by atoms with Crippen molar-refractivity contribution in [2.75, 3.05) is 4.90 Å². The molecule has 0 aliphatic carbocycles. The maximum absolute atomic E-state index is 6.92. The fourth-order valence-electron chi connectivity index (χ4n) is 5.90. The number of aryl methyl sites for hydroxylation is 1. The minimum Gasteiger partial charge on any atom is -0.349 e. The molecule has 1 unspecified atom stereocenters. The van der Waals surface area contributed by atoms with Crippen LogP contribution in [0, 0.1) is 0 Å². The van der Waals surface area contributed by atoms with E-state index in [2.05, 4.69) is 14.9 Å². The summed E-state index contributed by atoms with van der Waals surface area (Å²) in [5.41, 5.74) is 10.5. The molecule has 0 spiro atoms. The molecular weight excluding hydrogens is 462 g/mol. The molecule has 9 nitrogen and oxygen atoms in total. The van der Waals surface area contributed by atoms with Crippen LogP contribution >= 0.6 is 11.6 Å². The van der Waals surface area contributed by atoms with Crippen LogP contribution in [0.5, 0.6) is 0 Å². The number of nitrogens with two attached hydrogens (primary N) is 1. The van der Waals surface area contributed by atoms with E-state index in [0.29, 0.717) is 29.7 Å². The molecule has 0 amide bonds. The van der Waals surface area contributed by atoms with Crippen molar-refractivity contribution in [2.45, 2.75) is 50.4 Å². The van der Waals surface area contributed by atoms with Crippen LogP contribution in [0.1, 0.15) is 31.5 Å². The fourth-order valence-corrected chi connectivity index (χ4v) is 6.21. The molecule has 0 radical (unpaired) electrons. The zero-order chi connectivity index (χ0) is 23.7. The average molecular weight is 488 g/mol. The van der Waals surface area contributed by atoms with Crippen molar-refractivity contribution in [2.24, 2.45) is 12.8 Å². The van der Waals surface area contributed by atoms with E-state index in [-0.39, 0.29) is 0 Å². The van der Waals surface area contributed by atoms with Crippen molar-refractivity contribution in [3.63, 3.8) is 0 Å². The molecular formula is C25H26ClN9. The quantitative estimate of drug-likeness (QED) is 0.398. The molecule has 3 atom stereocenters. The highest BCUT2D eigenvalue weighted by atomic mass is 35.5. The number of rotatable bonds is 4. The molecule has 2 saturated heterocycles. The van der Waals surface area contributed by atoms with Crippen LogP contribution in [0.25, 0.3) is 33.2 Å². The molecule has 3 N–H and O–H groups in total. The van der Waals surface area contributed by atoms with E-state index < -0.39 is 0 Å². The van der Waals surface area contributed by atoms with Crippen LogP contribution in [0.2, 0.25) is 5.02 Å². The van der Waals surface area contributed by atoms with Gasteiger partial charge in [0.15, 0.2) is 5.65 Å². The summed E-state index contributed by atoms with van der Waals surface area (Å²) in [6.07, 6.45) is 13.9. The van der Waals surface area contributed by atoms with E-state index in [0.717, 1.165) is 57.7 Å². The maximum atomic E-state index is 6.92. The van der Waals surface area contributed by atoms with E-state index in [1.165, 1.54) is 12.8 Å². The number of aromatic nitrogens is 7. The van der Waals surface area contributed by atoms with Crippen LogP contribution in [0.15, 0.2) is 43.1 Å². The van der Waals surface area contributed by atoms with Gasteiger partial charge < -0.3 is 20.2 Å². The molecule has 6 heterocycles. The van der Waals surface area contributed by atoms with Crippen molar-refractivity contribution in [3.05, 3.63) is 54.0 Å². The van der Waals surface area contributed by atoms with E-state index >= 15 is 0 Å². The van der Waals surface area contributed by atoms with E-state index in [4.69, 9.17) is 32.4 Å². The second kappa shape index (κ2) is 7.79. The van der Waals surface area contributed by atoms with Gasteiger partial charge in [0.05, 0.1) is 23.3 Å². The van der Waals surface area contributed by atoms with E-state index in [1.807, 2.05) is 53.2 Å². The van der Waals surface area contributed by atoms with Gasteiger partial charge in [-0.3, -0.25) is 4.68 Å². The molecule has 1 aromatic carbocycles. The summed E-state index contributed by atoms with van der Waals surface area (Å²) in [5, 5.41) is 6.25. The van der Waals surface area contributed by atoms with Gasteiger partial charge in [0.1, 0.15) is 17.2 Å². The molecule has 0 saturated carbocycles. The molecule has 2 bridgehead atoms. The number of aromatic amines is 1. The number of imidazole rings is 1. The van der Waals surface area contributed by atoms with Crippen molar-refractivity contribution in [3.8, 4) is 11.1 Å². The first-order valence-electron chi connectivity index (χ1n) is 12.1. The number of nitrogens with one attached hydrogen (secondary N) is 1. The average Bonchev–Trinajstić information content (AvgIpc) is 3.60. The summed E-state index contributed by atoms with van der Waals surface area (Å²) in [4.78, 5) is 19.9. The second-order valence-electron chi connectivity index (χ2n) is 9.79. The van der Waals surface area contributed by atoms with Crippen molar-refractivity contribution in [1.82, 2.24) is 34.3 Å². The van der Waals surface area contributed by atoms with Gasteiger partial charge in [-0.2, -0.15) is 5.10 Å². The van der Waals surface area contributed by atoms with Gasteiger partial charge in [-0.1, -0.05) is 17.7 Å². The zero-order valence-corrected chi connectivity index (χ0v) is 20.2. The lowest BCUT2D eigenvalue weighted by atomic mass is 9.98. The third-order valence-corrected chi connectivity index (χ3v) is 8.00. The second-order valence-corrected chi connectivity index (χ2v) is 10.2. The lowest BCUT2D eigenvalue weighted by Crippen LogP contribution is -2.47. The Morgan fingerprint density at radius 1 is 1.14 bits per heavy atom. The summed E-state index contributed by atoms with van der Waals surface area (Å²) >= 11 is 6.92. The van der Waals surface area contributed by atoms with Gasteiger partial charge in [0.25, 0.3) is 0 Å². The number of nitrogens with zero attached hydrogens (tertiary/aromatic N) is 7. The predicted octanol–water partition coefficient (Wildman–Crippen LogP) is 3.87. The van der Waals surface area contributed by atoms with Crippen LogP contribution in [0.3, 0.4) is 0 Å². The number of piperidine rings is 1. The Balaban J connectivity index is 1.24. The molecule has 7 rings (SSSR count). The lowest BCUT2D eigenvalue weighted by molar-refractivity contribution is 0.412. The van der Waals surface area contributed by atoms with Crippen LogP contribution in [-0.2, 0) is 13.6 Å². The monoisotopic (exact) mass is 487 g/mol. The zero-order valence-electron chi connectivity index (χ0n) is 19.4. The van der Waals surface area contributed by atoms with Crippen molar-refractivity contribution >= 4 is 39.5 Å². The standard InChI is InChI=1S/C25H26ClN9/c1-33-7-6-28-22(33)13-34-12-19-20(32-34)5-4-17(23(19)26)18-10-30-25-24(18)29-11-21(31-25)35-15-2-3-16(35)9-14(27)8-15/h4-7,10-12,14-16H,2-3,8-9,13,27H2,1H3,(H,30,31)/t14?,15-,16+. The van der Waals surface area contributed by atoms with Gasteiger partial charge >= 0.3 is 0 Å². The Morgan fingerprint density at radius 2 is 1.97 bits per heavy atom. The first kappa shape index (κ1) is 20.9. The number of halogens is 1.